The van der Waals surface area contributed by atoms with Crippen LogP contribution in [0.5, 0.6) is 0 Å². The van der Waals surface area contributed by atoms with Gasteiger partial charge in [0, 0.05) is 29.5 Å². The molecule has 1 N–H and O–H groups in total. The van der Waals surface area contributed by atoms with Crippen LogP contribution in [0.15, 0.2) is 65.7 Å². The van der Waals surface area contributed by atoms with Crippen molar-refractivity contribution in [3.8, 4) is 11.3 Å². The zero-order valence-corrected chi connectivity index (χ0v) is 11.8. The molecule has 0 amide bonds. The van der Waals surface area contributed by atoms with Gasteiger partial charge in [-0.25, -0.2) is 4.98 Å². The van der Waals surface area contributed by atoms with Crippen LogP contribution in [0.25, 0.3) is 27.8 Å². The summed E-state index contributed by atoms with van der Waals surface area (Å²) >= 11 is 0. The van der Waals surface area contributed by atoms with Crippen LogP contribution in [0, 0.1) is 0 Å². The number of aromatic amines is 1. The Morgan fingerprint density at radius 1 is 1.05 bits per heavy atom. The van der Waals surface area contributed by atoms with Gasteiger partial charge < -0.3 is 9.38 Å². The number of H-pyrrole nitrogens is 1. The van der Waals surface area contributed by atoms with Crippen molar-refractivity contribution in [3.63, 3.8) is 0 Å². The molecule has 0 radical (unpaired) electrons. The molecule has 4 aromatic rings. The Morgan fingerprint density at radius 2 is 1.95 bits per heavy atom. The highest BCUT2D eigenvalue weighted by molar-refractivity contribution is 5.85. The summed E-state index contributed by atoms with van der Waals surface area (Å²) in [6.07, 6.45) is 3.98. The number of nitrogens with one attached hydrogen (secondary N) is 1. The highest BCUT2D eigenvalue weighted by Gasteiger charge is 2.05. The van der Waals surface area contributed by atoms with E-state index in [4.69, 9.17) is 0 Å². The van der Waals surface area contributed by atoms with E-state index in [2.05, 4.69) is 9.97 Å². The third-order valence-corrected chi connectivity index (χ3v) is 3.38. The van der Waals surface area contributed by atoms with Crippen molar-refractivity contribution in [1.29, 1.82) is 0 Å². The Labute approximate surface area is 126 Å². The standard InChI is InChI=1S/C16H11N3O.ClH/c20-16-7-5-11-9-12(4-6-13(11)18-16)14-10-19-8-2-1-3-15(19)17-14;/h1-10H,(H,18,20);1H. The number of aromatic nitrogens is 3. The molecule has 3 heterocycles. The van der Waals surface area contributed by atoms with Gasteiger partial charge in [-0.1, -0.05) is 12.1 Å². The van der Waals surface area contributed by atoms with Crippen molar-refractivity contribution >= 4 is 29.0 Å². The molecule has 5 heteroatoms. The zero-order chi connectivity index (χ0) is 13.5. The SMILES string of the molecule is Cl.O=c1ccc2cc(-c3cn4ccccc4n3)ccc2[nH]1. The van der Waals surface area contributed by atoms with Crippen LogP contribution in [0.1, 0.15) is 0 Å². The molecule has 21 heavy (non-hydrogen) atoms. The molecule has 0 atom stereocenters. The second-order valence-corrected chi connectivity index (χ2v) is 4.72. The fourth-order valence-corrected chi connectivity index (χ4v) is 2.39. The van der Waals surface area contributed by atoms with Gasteiger partial charge in [0.25, 0.3) is 0 Å². The van der Waals surface area contributed by atoms with Crippen LogP contribution in [0.4, 0.5) is 0 Å². The third kappa shape index (κ3) is 2.30. The highest BCUT2D eigenvalue weighted by atomic mass is 35.5. The first-order chi connectivity index (χ1) is 9.79. The maximum Gasteiger partial charge on any atom is 0.248 e. The molecule has 0 unspecified atom stereocenters. The van der Waals surface area contributed by atoms with Gasteiger partial charge in [0.05, 0.1) is 5.69 Å². The average molecular weight is 298 g/mol. The van der Waals surface area contributed by atoms with Crippen molar-refractivity contribution in [1.82, 2.24) is 14.4 Å². The van der Waals surface area contributed by atoms with Crippen molar-refractivity contribution in [2.24, 2.45) is 0 Å². The van der Waals surface area contributed by atoms with Gasteiger partial charge in [-0.2, -0.15) is 0 Å². The minimum Gasteiger partial charge on any atom is -0.322 e. The van der Waals surface area contributed by atoms with Crippen LogP contribution < -0.4 is 5.56 Å². The van der Waals surface area contributed by atoms with Gasteiger partial charge in [-0.15, -0.1) is 12.4 Å². The van der Waals surface area contributed by atoms with E-state index < -0.39 is 0 Å². The van der Waals surface area contributed by atoms with E-state index in [1.54, 1.807) is 0 Å². The largest absolute Gasteiger partial charge is 0.322 e. The van der Waals surface area contributed by atoms with E-state index in [1.807, 2.05) is 59.3 Å². The zero-order valence-electron chi connectivity index (χ0n) is 11.0. The quantitative estimate of drug-likeness (QED) is 0.586. The minimum absolute atomic E-state index is 0. The Hall–Kier alpha value is -2.59. The van der Waals surface area contributed by atoms with E-state index in [0.717, 1.165) is 27.8 Å². The maximum absolute atomic E-state index is 11.3. The summed E-state index contributed by atoms with van der Waals surface area (Å²) in [6.45, 7) is 0. The number of pyridine rings is 2. The molecule has 104 valence electrons. The lowest BCUT2D eigenvalue weighted by Crippen LogP contribution is -2.01. The molecule has 0 aliphatic heterocycles. The molecule has 0 saturated heterocycles. The molecule has 0 aliphatic rings. The van der Waals surface area contributed by atoms with Crippen LogP contribution >= 0.6 is 12.4 Å². The summed E-state index contributed by atoms with van der Waals surface area (Å²) in [5.41, 5.74) is 3.63. The number of hydrogen-bond acceptors (Lipinski definition) is 2. The molecular formula is C16H12ClN3O. The summed E-state index contributed by atoms with van der Waals surface area (Å²) in [6, 6.07) is 15.2. The predicted octanol–water partition coefficient (Wildman–Crippen LogP) is 3.26. The van der Waals surface area contributed by atoms with Crippen LogP contribution in [-0.4, -0.2) is 14.4 Å². The summed E-state index contributed by atoms with van der Waals surface area (Å²) in [7, 11) is 0. The lowest BCUT2D eigenvalue weighted by atomic mass is 10.1. The molecule has 1 aromatic carbocycles. The molecular weight excluding hydrogens is 286 g/mol. The molecule has 3 aromatic heterocycles. The van der Waals surface area contributed by atoms with E-state index >= 15 is 0 Å². The van der Waals surface area contributed by atoms with Gasteiger partial charge in [0.15, 0.2) is 0 Å². The minimum atomic E-state index is -0.0852. The van der Waals surface area contributed by atoms with Gasteiger partial charge in [0.2, 0.25) is 5.56 Å². The first kappa shape index (κ1) is 13.4. The molecule has 4 nitrogen and oxygen atoms in total. The van der Waals surface area contributed by atoms with E-state index in [9.17, 15) is 4.79 Å². The van der Waals surface area contributed by atoms with Gasteiger partial charge in [-0.05, 0) is 35.7 Å². The number of benzene rings is 1. The summed E-state index contributed by atoms with van der Waals surface area (Å²) in [5, 5.41) is 0.999. The normalized spacial score (nSPS) is 10.7. The highest BCUT2D eigenvalue weighted by Crippen LogP contribution is 2.22. The van der Waals surface area contributed by atoms with Gasteiger partial charge in [-0.3, -0.25) is 4.79 Å². The summed E-state index contributed by atoms with van der Waals surface area (Å²) in [4.78, 5) is 18.7. The fourth-order valence-electron chi connectivity index (χ4n) is 2.39. The average Bonchev–Trinajstić information content (AvgIpc) is 2.90. The number of nitrogens with zero attached hydrogens (tertiary/aromatic N) is 2. The molecule has 0 aliphatic carbocycles. The van der Waals surface area contributed by atoms with Crippen molar-refractivity contribution in [2.45, 2.75) is 0 Å². The third-order valence-electron chi connectivity index (χ3n) is 3.38. The van der Waals surface area contributed by atoms with Crippen LogP contribution in [-0.2, 0) is 0 Å². The lowest BCUT2D eigenvalue weighted by Gasteiger charge is -2.00. The van der Waals surface area contributed by atoms with Crippen molar-refractivity contribution < 1.29 is 0 Å². The molecule has 4 rings (SSSR count). The Morgan fingerprint density at radius 3 is 2.81 bits per heavy atom. The fraction of sp³-hybridized carbons (Fsp3) is 0. The Kier molecular flexibility index (Phi) is 3.23. The van der Waals surface area contributed by atoms with E-state index in [-0.39, 0.29) is 18.0 Å². The van der Waals surface area contributed by atoms with Crippen LogP contribution in [0.2, 0.25) is 0 Å². The number of hydrogen-bond donors (Lipinski definition) is 1. The monoisotopic (exact) mass is 297 g/mol. The van der Waals surface area contributed by atoms with Gasteiger partial charge >= 0.3 is 0 Å². The number of fused-ring (bicyclic) bond motifs is 2. The summed E-state index contributed by atoms with van der Waals surface area (Å²) in [5.74, 6) is 0. The Bertz CT molecular complexity index is 954. The van der Waals surface area contributed by atoms with Crippen LogP contribution in [0.3, 0.4) is 0 Å². The topological polar surface area (TPSA) is 50.2 Å². The predicted molar refractivity (Wildman–Crippen MR) is 86.0 cm³/mol. The summed E-state index contributed by atoms with van der Waals surface area (Å²) < 4.78 is 1.99. The van der Waals surface area contributed by atoms with Gasteiger partial charge in [0.1, 0.15) is 5.65 Å². The molecule has 0 fully saturated rings. The lowest BCUT2D eigenvalue weighted by molar-refractivity contribution is 1.19. The second kappa shape index (κ2) is 5.07. The maximum atomic E-state index is 11.3. The second-order valence-electron chi connectivity index (χ2n) is 4.72. The first-order valence-electron chi connectivity index (χ1n) is 6.37. The number of halogens is 1. The van der Waals surface area contributed by atoms with E-state index in [0.29, 0.717) is 0 Å². The van der Waals surface area contributed by atoms with Crippen molar-refractivity contribution in [3.05, 3.63) is 71.3 Å². The van der Waals surface area contributed by atoms with E-state index in [1.165, 1.54) is 6.07 Å². The first-order valence-corrected chi connectivity index (χ1v) is 6.37. The molecule has 0 bridgehead atoms. The number of rotatable bonds is 1. The number of imidazole rings is 1. The smallest absolute Gasteiger partial charge is 0.248 e. The molecule has 0 saturated carbocycles. The Balaban J connectivity index is 0.00000132. The molecule has 0 spiro atoms. The van der Waals surface area contributed by atoms with Crippen molar-refractivity contribution in [2.75, 3.05) is 0 Å².